The van der Waals surface area contributed by atoms with Gasteiger partial charge in [-0.15, -0.1) is 0 Å². The van der Waals surface area contributed by atoms with Gasteiger partial charge in [-0.3, -0.25) is 4.98 Å². The number of benzene rings is 1. The predicted molar refractivity (Wildman–Crippen MR) is 71.2 cm³/mol. The summed E-state index contributed by atoms with van der Waals surface area (Å²) in [6.45, 7) is 1.92. The van der Waals surface area contributed by atoms with E-state index in [9.17, 15) is 4.79 Å². The summed E-state index contributed by atoms with van der Waals surface area (Å²) in [5.41, 5.74) is 1.74. The second-order valence-corrected chi connectivity index (χ2v) is 3.97. The minimum Gasteiger partial charge on any atom is -0.331 e. The number of nitrogens with zero attached hydrogens (tertiary/aromatic N) is 1. The summed E-state index contributed by atoms with van der Waals surface area (Å²) in [7, 11) is 0. The Bertz CT molecular complexity index is 499. The zero-order valence-electron chi connectivity index (χ0n) is 10.1. The molecule has 0 radical (unpaired) electrons. The normalized spacial score (nSPS) is 11.6. The van der Waals surface area contributed by atoms with E-state index in [0.29, 0.717) is 0 Å². The summed E-state index contributed by atoms with van der Waals surface area (Å²) in [4.78, 5) is 15.8. The highest BCUT2D eigenvalue weighted by molar-refractivity contribution is 5.89. The van der Waals surface area contributed by atoms with Crippen molar-refractivity contribution in [3.63, 3.8) is 0 Å². The Kier molecular flexibility index (Phi) is 3.91. The largest absolute Gasteiger partial charge is 0.331 e. The van der Waals surface area contributed by atoms with E-state index < -0.39 is 0 Å². The van der Waals surface area contributed by atoms with Gasteiger partial charge in [-0.1, -0.05) is 24.3 Å². The molecule has 0 saturated heterocycles. The van der Waals surface area contributed by atoms with Crippen LogP contribution in [0.1, 0.15) is 18.5 Å². The van der Waals surface area contributed by atoms with Crippen LogP contribution in [0, 0.1) is 0 Å². The van der Waals surface area contributed by atoms with Crippen LogP contribution in [0.2, 0.25) is 0 Å². The standard InChI is InChI=1S/C14H15N3O/c1-11(12-6-5-9-15-10-12)16-14(18)17-13-7-3-2-4-8-13/h2-11H,1H3,(H2,16,17,18). The van der Waals surface area contributed by atoms with Crippen LogP contribution in [0.3, 0.4) is 0 Å². The van der Waals surface area contributed by atoms with Gasteiger partial charge >= 0.3 is 6.03 Å². The maximum Gasteiger partial charge on any atom is 0.319 e. The molecule has 0 spiro atoms. The van der Waals surface area contributed by atoms with Crippen molar-refractivity contribution >= 4 is 11.7 Å². The molecule has 2 amide bonds. The summed E-state index contributed by atoms with van der Waals surface area (Å²) in [6.07, 6.45) is 3.45. The van der Waals surface area contributed by atoms with Crippen molar-refractivity contribution in [1.29, 1.82) is 0 Å². The first kappa shape index (κ1) is 12.1. The third-order valence-electron chi connectivity index (χ3n) is 2.56. The lowest BCUT2D eigenvalue weighted by Gasteiger charge is -2.14. The van der Waals surface area contributed by atoms with Crippen LogP contribution in [0.25, 0.3) is 0 Å². The summed E-state index contributed by atoms with van der Waals surface area (Å²) < 4.78 is 0. The van der Waals surface area contributed by atoms with E-state index >= 15 is 0 Å². The number of carbonyl (C=O) groups is 1. The number of pyridine rings is 1. The molecule has 1 atom stereocenters. The van der Waals surface area contributed by atoms with Crippen LogP contribution in [0.4, 0.5) is 10.5 Å². The fraction of sp³-hybridized carbons (Fsp3) is 0.143. The van der Waals surface area contributed by atoms with E-state index in [1.807, 2.05) is 49.4 Å². The SMILES string of the molecule is CC(NC(=O)Nc1ccccc1)c1cccnc1. The molecule has 0 fully saturated rings. The van der Waals surface area contributed by atoms with Crippen LogP contribution in [-0.2, 0) is 0 Å². The summed E-state index contributed by atoms with van der Waals surface area (Å²) in [5, 5.41) is 5.63. The lowest BCUT2D eigenvalue weighted by Crippen LogP contribution is -2.31. The van der Waals surface area contributed by atoms with E-state index in [1.54, 1.807) is 12.4 Å². The highest BCUT2D eigenvalue weighted by Gasteiger charge is 2.08. The molecule has 2 aromatic rings. The number of rotatable bonds is 3. The summed E-state index contributed by atoms with van der Waals surface area (Å²) >= 11 is 0. The van der Waals surface area contributed by atoms with Crippen molar-refractivity contribution < 1.29 is 4.79 Å². The molecule has 0 saturated carbocycles. The van der Waals surface area contributed by atoms with Gasteiger partial charge in [0.1, 0.15) is 0 Å². The molecule has 0 aliphatic carbocycles. The first-order valence-corrected chi connectivity index (χ1v) is 5.78. The van der Waals surface area contributed by atoms with Gasteiger partial charge in [0.05, 0.1) is 6.04 Å². The number of para-hydroxylation sites is 1. The Morgan fingerprint density at radius 2 is 1.94 bits per heavy atom. The van der Waals surface area contributed by atoms with Crippen LogP contribution >= 0.6 is 0 Å². The molecule has 2 N–H and O–H groups in total. The molecule has 2 rings (SSSR count). The average Bonchev–Trinajstić information content (AvgIpc) is 2.40. The number of hydrogen-bond acceptors (Lipinski definition) is 2. The third-order valence-corrected chi connectivity index (χ3v) is 2.56. The predicted octanol–water partition coefficient (Wildman–Crippen LogP) is 2.96. The van der Waals surface area contributed by atoms with Gasteiger partial charge in [-0.25, -0.2) is 4.79 Å². The molecule has 92 valence electrons. The first-order chi connectivity index (χ1) is 8.75. The van der Waals surface area contributed by atoms with Crippen LogP contribution in [0.15, 0.2) is 54.9 Å². The van der Waals surface area contributed by atoms with Crippen molar-refractivity contribution in [2.24, 2.45) is 0 Å². The molecule has 1 aromatic carbocycles. The number of anilines is 1. The van der Waals surface area contributed by atoms with Crippen LogP contribution in [-0.4, -0.2) is 11.0 Å². The quantitative estimate of drug-likeness (QED) is 0.868. The number of aromatic nitrogens is 1. The van der Waals surface area contributed by atoms with Gasteiger partial charge in [0.25, 0.3) is 0 Å². The molecule has 4 nitrogen and oxygen atoms in total. The summed E-state index contributed by atoms with van der Waals surface area (Å²) in [6, 6.07) is 12.8. The van der Waals surface area contributed by atoms with E-state index in [2.05, 4.69) is 15.6 Å². The smallest absolute Gasteiger partial charge is 0.319 e. The highest BCUT2D eigenvalue weighted by atomic mass is 16.2. The van der Waals surface area contributed by atoms with Gasteiger partial charge in [-0.2, -0.15) is 0 Å². The molecule has 1 aromatic heterocycles. The molecular formula is C14H15N3O. The van der Waals surface area contributed by atoms with E-state index in [1.165, 1.54) is 0 Å². The van der Waals surface area contributed by atoms with Gasteiger partial charge in [0, 0.05) is 18.1 Å². The molecule has 0 aliphatic rings. The number of nitrogens with one attached hydrogen (secondary N) is 2. The number of urea groups is 1. The van der Waals surface area contributed by atoms with Crippen molar-refractivity contribution in [1.82, 2.24) is 10.3 Å². The number of amides is 2. The zero-order chi connectivity index (χ0) is 12.8. The fourth-order valence-electron chi connectivity index (χ4n) is 1.60. The van der Waals surface area contributed by atoms with Crippen LogP contribution in [0.5, 0.6) is 0 Å². The Hall–Kier alpha value is -2.36. The molecular weight excluding hydrogens is 226 g/mol. The van der Waals surface area contributed by atoms with Gasteiger partial charge in [0.15, 0.2) is 0 Å². The van der Waals surface area contributed by atoms with E-state index in [0.717, 1.165) is 11.3 Å². The van der Waals surface area contributed by atoms with Crippen LogP contribution < -0.4 is 10.6 Å². The topological polar surface area (TPSA) is 54.0 Å². The maximum atomic E-state index is 11.8. The molecule has 18 heavy (non-hydrogen) atoms. The molecule has 0 aliphatic heterocycles. The van der Waals surface area contributed by atoms with Gasteiger partial charge in [0.2, 0.25) is 0 Å². The molecule has 1 unspecified atom stereocenters. The molecule has 1 heterocycles. The van der Waals surface area contributed by atoms with Gasteiger partial charge in [-0.05, 0) is 30.7 Å². The monoisotopic (exact) mass is 241 g/mol. The Morgan fingerprint density at radius 1 is 1.17 bits per heavy atom. The first-order valence-electron chi connectivity index (χ1n) is 5.78. The lowest BCUT2D eigenvalue weighted by molar-refractivity contribution is 0.249. The second-order valence-electron chi connectivity index (χ2n) is 3.97. The van der Waals surface area contributed by atoms with Crippen molar-refractivity contribution in [2.45, 2.75) is 13.0 Å². The Balaban J connectivity index is 1.92. The number of hydrogen-bond donors (Lipinski definition) is 2. The fourth-order valence-corrected chi connectivity index (χ4v) is 1.60. The maximum absolute atomic E-state index is 11.8. The lowest BCUT2D eigenvalue weighted by atomic mass is 10.1. The van der Waals surface area contributed by atoms with Crippen molar-refractivity contribution in [3.8, 4) is 0 Å². The van der Waals surface area contributed by atoms with Gasteiger partial charge < -0.3 is 10.6 Å². The van der Waals surface area contributed by atoms with Crippen molar-refractivity contribution in [2.75, 3.05) is 5.32 Å². The minimum absolute atomic E-state index is 0.0811. The zero-order valence-corrected chi connectivity index (χ0v) is 10.1. The minimum atomic E-state index is -0.224. The molecule has 4 heteroatoms. The second kappa shape index (κ2) is 5.82. The average molecular weight is 241 g/mol. The number of carbonyl (C=O) groups excluding carboxylic acids is 1. The highest BCUT2D eigenvalue weighted by Crippen LogP contribution is 2.10. The Morgan fingerprint density at radius 3 is 2.61 bits per heavy atom. The van der Waals surface area contributed by atoms with Crippen molar-refractivity contribution in [3.05, 3.63) is 60.4 Å². The third kappa shape index (κ3) is 3.31. The van der Waals surface area contributed by atoms with E-state index in [-0.39, 0.29) is 12.1 Å². The summed E-state index contributed by atoms with van der Waals surface area (Å²) in [5.74, 6) is 0. The Labute approximate surface area is 106 Å². The van der Waals surface area contributed by atoms with E-state index in [4.69, 9.17) is 0 Å². The molecule has 0 bridgehead atoms.